The topological polar surface area (TPSA) is 73.8 Å². The van der Waals surface area contributed by atoms with Gasteiger partial charge in [0.05, 0.1) is 22.4 Å². The Kier molecular flexibility index (Phi) is 6.59. The van der Waals surface area contributed by atoms with Crippen molar-refractivity contribution < 1.29 is 18.3 Å². The van der Waals surface area contributed by atoms with Gasteiger partial charge in [-0.2, -0.15) is 0 Å². The molecular weight excluding hydrogens is 547 g/mol. The number of ether oxygens (including phenoxy) is 1. The number of thiazole rings is 1. The summed E-state index contributed by atoms with van der Waals surface area (Å²) in [4.78, 5) is 31.6. The third-order valence-electron chi connectivity index (χ3n) is 5.71. The highest BCUT2D eigenvalue weighted by molar-refractivity contribution is 9.10. The first-order valence-electron chi connectivity index (χ1n) is 11.2. The largest absolute Gasteiger partial charge is 0.463 e. The van der Waals surface area contributed by atoms with E-state index in [9.17, 15) is 14.0 Å². The molecule has 0 saturated carbocycles. The van der Waals surface area contributed by atoms with Gasteiger partial charge in [-0.1, -0.05) is 51.5 Å². The number of nitrogens with zero attached hydrogens (tertiary/aromatic N) is 2. The summed E-state index contributed by atoms with van der Waals surface area (Å²) >= 11 is 4.63. The molecule has 0 amide bonds. The van der Waals surface area contributed by atoms with Crippen LogP contribution >= 0.6 is 27.3 Å². The van der Waals surface area contributed by atoms with Crippen molar-refractivity contribution in [1.82, 2.24) is 4.57 Å². The molecule has 36 heavy (non-hydrogen) atoms. The maximum Gasteiger partial charge on any atom is 0.338 e. The van der Waals surface area contributed by atoms with E-state index >= 15 is 0 Å². The first-order chi connectivity index (χ1) is 17.4. The number of carbonyl (C=O) groups is 1. The SMILES string of the molecule is CCOC(=O)C1=C(C)N=c2s/c(=C\c3ccc(F)cc3)c(=O)n2[C@H]1c1ccc(-c2ccc(Br)cc2)o1. The highest BCUT2D eigenvalue weighted by Crippen LogP contribution is 2.34. The highest BCUT2D eigenvalue weighted by atomic mass is 79.9. The molecule has 9 heteroatoms. The molecule has 6 nitrogen and oxygen atoms in total. The number of esters is 1. The molecule has 2 aromatic carbocycles. The molecule has 1 aliphatic rings. The summed E-state index contributed by atoms with van der Waals surface area (Å²) in [6.45, 7) is 3.62. The third-order valence-corrected chi connectivity index (χ3v) is 7.22. The molecule has 0 unspecified atom stereocenters. The minimum absolute atomic E-state index is 0.180. The molecule has 3 heterocycles. The van der Waals surface area contributed by atoms with Gasteiger partial charge in [-0.3, -0.25) is 9.36 Å². The van der Waals surface area contributed by atoms with Gasteiger partial charge in [-0.15, -0.1) is 0 Å². The monoisotopic (exact) mass is 566 g/mol. The van der Waals surface area contributed by atoms with Crippen LogP contribution in [0.25, 0.3) is 17.4 Å². The van der Waals surface area contributed by atoms with E-state index in [0.717, 1.165) is 10.0 Å². The number of fused-ring (bicyclic) bond motifs is 1. The van der Waals surface area contributed by atoms with E-state index in [0.29, 0.717) is 32.1 Å². The van der Waals surface area contributed by atoms with Gasteiger partial charge in [0.2, 0.25) is 0 Å². The number of halogens is 2. The number of furan rings is 1. The van der Waals surface area contributed by atoms with E-state index in [1.807, 2.05) is 30.3 Å². The lowest BCUT2D eigenvalue weighted by Gasteiger charge is -2.22. The smallest absolute Gasteiger partial charge is 0.338 e. The zero-order valence-electron chi connectivity index (χ0n) is 19.3. The Bertz CT molecular complexity index is 1660. The second kappa shape index (κ2) is 9.83. The average molecular weight is 567 g/mol. The molecule has 0 saturated heterocycles. The molecule has 0 aliphatic carbocycles. The number of rotatable bonds is 5. The predicted octanol–water partition coefficient (Wildman–Crippen LogP) is 4.96. The fourth-order valence-corrected chi connectivity index (χ4v) is 5.35. The van der Waals surface area contributed by atoms with Crippen LogP contribution in [0, 0.1) is 5.82 Å². The van der Waals surface area contributed by atoms with Crippen LogP contribution in [0.4, 0.5) is 4.39 Å². The zero-order valence-corrected chi connectivity index (χ0v) is 21.7. The van der Waals surface area contributed by atoms with Crippen LogP contribution in [-0.4, -0.2) is 17.1 Å². The summed E-state index contributed by atoms with van der Waals surface area (Å²) in [7, 11) is 0. The Balaban J connectivity index is 1.68. The number of carbonyl (C=O) groups excluding carboxylic acids is 1. The van der Waals surface area contributed by atoms with Crippen molar-refractivity contribution in [3.8, 4) is 11.3 Å². The standard InChI is InChI=1S/C27H20BrFN2O4S/c1-3-34-26(33)23-15(2)30-27-31(25(32)22(36-27)14-16-4-10-19(29)11-5-16)24(23)21-13-12-20(35-21)17-6-8-18(28)9-7-17/h4-14,24H,3H2,1-2H3/b22-14-/t24-/m0/s1. The Morgan fingerprint density at radius 3 is 2.58 bits per heavy atom. The quantitative estimate of drug-likeness (QED) is 0.320. The molecule has 0 N–H and O–H groups in total. The van der Waals surface area contributed by atoms with E-state index in [2.05, 4.69) is 20.9 Å². The van der Waals surface area contributed by atoms with E-state index in [1.165, 1.54) is 28.0 Å². The third kappa shape index (κ3) is 4.52. The summed E-state index contributed by atoms with van der Waals surface area (Å²) in [5.41, 5.74) is 1.90. The summed E-state index contributed by atoms with van der Waals surface area (Å²) < 4.78 is 27.7. The second-order valence-electron chi connectivity index (χ2n) is 8.06. The van der Waals surface area contributed by atoms with Crippen molar-refractivity contribution in [3.05, 3.63) is 113 Å². The second-order valence-corrected chi connectivity index (χ2v) is 9.99. The van der Waals surface area contributed by atoms with E-state index < -0.39 is 12.0 Å². The molecule has 182 valence electrons. The van der Waals surface area contributed by atoms with Gasteiger partial charge in [0, 0.05) is 10.0 Å². The van der Waals surface area contributed by atoms with Crippen LogP contribution in [0.1, 0.15) is 31.2 Å². The molecule has 4 aromatic rings. The number of hydrogen-bond donors (Lipinski definition) is 0. The maximum atomic E-state index is 13.6. The fraction of sp³-hybridized carbons (Fsp3) is 0.148. The van der Waals surface area contributed by atoms with E-state index in [4.69, 9.17) is 9.15 Å². The van der Waals surface area contributed by atoms with Crippen LogP contribution in [0.15, 0.2) is 90.6 Å². The zero-order chi connectivity index (χ0) is 25.4. The van der Waals surface area contributed by atoms with Gasteiger partial charge in [-0.05, 0) is 61.9 Å². The number of hydrogen-bond acceptors (Lipinski definition) is 6. The van der Waals surface area contributed by atoms with Crippen LogP contribution < -0.4 is 14.9 Å². The van der Waals surface area contributed by atoms with Crippen molar-refractivity contribution in [2.75, 3.05) is 6.61 Å². The minimum Gasteiger partial charge on any atom is -0.463 e. The van der Waals surface area contributed by atoms with E-state index in [1.54, 1.807) is 38.1 Å². The highest BCUT2D eigenvalue weighted by Gasteiger charge is 2.35. The Morgan fingerprint density at radius 2 is 1.89 bits per heavy atom. The molecule has 0 radical (unpaired) electrons. The first-order valence-corrected chi connectivity index (χ1v) is 12.8. The molecule has 1 aliphatic heterocycles. The fourth-order valence-electron chi connectivity index (χ4n) is 4.04. The van der Waals surface area contributed by atoms with Gasteiger partial charge >= 0.3 is 5.97 Å². The Morgan fingerprint density at radius 1 is 1.17 bits per heavy atom. The maximum absolute atomic E-state index is 13.6. The average Bonchev–Trinajstić information content (AvgIpc) is 3.45. The lowest BCUT2D eigenvalue weighted by molar-refractivity contribution is -0.139. The van der Waals surface area contributed by atoms with Crippen molar-refractivity contribution in [1.29, 1.82) is 0 Å². The van der Waals surface area contributed by atoms with Crippen LogP contribution in [0.5, 0.6) is 0 Å². The molecule has 0 spiro atoms. The lowest BCUT2D eigenvalue weighted by atomic mass is 10.0. The Labute approximate surface area is 217 Å². The van der Waals surface area contributed by atoms with E-state index in [-0.39, 0.29) is 23.6 Å². The lowest BCUT2D eigenvalue weighted by Crippen LogP contribution is -2.39. The summed E-state index contributed by atoms with van der Waals surface area (Å²) in [6.07, 6.45) is 1.68. The van der Waals surface area contributed by atoms with Crippen molar-refractivity contribution in [2.24, 2.45) is 4.99 Å². The molecule has 0 fully saturated rings. The predicted molar refractivity (Wildman–Crippen MR) is 139 cm³/mol. The number of allylic oxidation sites excluding steroid dienone is 1. The van der Waals surface area contributed by atoms with Crippen molar-refractivity contribution >= 4 is 39.3 Å². The van der Waals surface area contributed by atoms with Crippen LogP contribution in [0.2, 0.25) is 0 Å². The molecule has 2 aromatic heterocycles. The van der Waals surface area contributed by atoms with Crippen LogP contribution in [0.3, 0.4) is 0 Å². The van der Waals surface area contributed by atoms with Gasteiger partial charge in [-0.25, -0.2) is 14.2 Å². The molecule has 5 rings (SSSR count). The molecule has 0 bridgehead atoms. The van der Waals surface area contributed by atoms with Gasteiger partial charge in [0.15, 0.2) is 4.80 Å². The first kappa shape index (κ1) is 24.1. The van der Waals surface area contributed by atoms with Gasteiger partial charge < -0.3 is 9.15 Å². The summed E-state index contributed by atoms with van der Waals surface area (Å²) in [6, 6.07) is 16.2. The molecular formula is C27H20BrFN2O4S. The van der Waals surface area contributed by atoms with Crippen molar-refractivity contribution in [2.45, 2.75) is 19.9 Å². The van der Waals surface area contributed by atoms with Crippen LogP contribution in [-0.2, 0) is 9.53 Å². The summed E-state index contributed by atoms with van der Waals surface area (Å²) in [5, 5.41) is 0. The normalized spacial score (nSPS) is 15.6. The van der Waals surface area contributed by atoms with Crippen molar-refractivity contribution in [3.63, 3.8) is 0 Å². The van der Waals surface area contributed by atoms with Gasteiger partial charge in [0.25, 0.3) is 5.56 Å². The Hall–Kier alpha value is -3.56. The number of aromatic nitrogens is 1. The minimum atomic E-state index is -0.847. The number of benzene rings is 2. The summed E-state index contributed by atoms with van der Waals surface area (Å²) in [5.74, 6) is 0.101. The molecule has 1 atom stereocenters. The van der Waals surface area contributed by atoms with Gasteiger partial charge in [0.1, 0.15) is 23.4 Å².